The Morgan fingerprint density at radius 2 is 1.83 bits per heavy atom. The number of carbonyl (C=O) groups excluding carboxylic acids is 2. The summed E-state index contributed by atoms with van der Waals surface area (Å²) in [5, 5.41) is 2.81. The van der Waals surface area contributed by atoms with Gasteiger partial charge in [0.15, 0.2) is 0 Å². The highest BCUT2D eigenvalue weighted by molar-refractivity contribution is 7.97. The summed E-state index contributed by atoms with van der Waals surface area (Å²) < 4.78 is 4.96. The van der Waals surface area contributed by atoms with Gasteiger partial charge < -0.3 is 10.1 Å². The molecule has 0 fully saturated rings. The minimum Gasteiger partial charge on any atom is -0.462 e. The molecular formula is C18H19NO3S. The fourth-order valence-electron chi connectivity index (χ4n) is 2.11. The topological polar surface area (TPSA) is 55.4 Å². The Labute approximate surface area is 140 Å². The first-order chi connectivity index (χ1) is 11.1. The van der Waals surface area contributed by atoms with Crippen molar-refractivity contribution in [3.8, 4) is 0 Å². The number of amides is 1. The highest BCUT2D eigenvalue weighted by Crippen LogP contribution is 2.15. The summed E-state index contributed by atoms with van der Waals surface area (Å²) in [4.78, 5) is 24.1. The number of hydrogen-bond acceptors (Lipinski definition) is 4. The van der Waals surface area contributed by atoms with Gasteiger partial charge in [-0.15, -0.1) is 0 Å². The van der Waals surface area contributed by atoms with E-state index in [2.05, 4.69) is 5.32 Å². The zero-order chi connectivity index (χ0) is 16.7. The van der Waals surface area contributed by atoms with Crippen molar-refractivity contribution in [1.82, 2.24) is 0 Å². The van der Waals surface area contributed by atoms with Gasteiger partial charge in [-0.1, -0.05) is 18.2 Å². The van der Waals surface area contributed by atoms with Crippen LogP contribution in [0.5, 0.6) is 0 Å². The normalized spacial score (nSPS) is 10.2. The Bertz CT molecular complexity index is 700. The maximum absolute atomic E-state index is 12.3. The first-order valence-corrected chi connectivity index (χ1v) is 8.70. The molecule has 0 aliphatic rings. The summed E-state index contributed by atoms with van der Waals surface area (Å²) in [6.07, 6.45) is 2.02. The molecule has 0 radical (unpaired) electrons. The summed E-state index contributed by atoms with van der Waals surface area (Å²) in [5.41, 5.74) is 2.68. The molecule has 0 spiro atoms. The minimum atomic E-state index is -0.398. The first kappa shape index (κ1) is 17.1. The lowest BCUT2D eigenvalue weighted by Crippen LogP contribution is -2.13. The maximum atomic E-state index is 12.3. The van der Waals surface area contributed by atoms with Crippen LogP contribution in [-0.4, -0.2) is 24.7 Å². The van der Waals surface area contributed by atoms with Crippen LogP contribution < -0.4 is 5.32 Å². The molecule has 5 heteroatoms. The molecule has 1 amide bonds. The van der Waals surface area contributed by atoms with Gasteiger partial charge in [0, 0.05) is 17.0 Å². The van der Waals surface area contributed by atoms with Crippen LogP contribution >= 0.6 is 11.8 Å². The summed E-state index contributed by atoms with van der Waals surface area (Å²) in [6.45, 7) is 2.07. The number of rotatable bonds is 6. The van der Waals surface area contributed by atoms with E-state index in [1.165, 1.54) is 0 Å². The standard InChI is InChI=1S/C18H19NO3S/c1-3-22-18(21)15-8-5-9-16(11-15)19-17(20)14-7-4-6-13(10-14)12-23-2/h4-11H,3,12H2,1-2H3,(H,19,20). The summed E-state index contributed by atoms with van der Waals surface area (Å²) in [6, 6.07) is 14.2. The molecule has 2 aromatic carbocycles. The fraction of sp³-hybridized carbons (Fsp3) is 0.222. The van der Waals surface area contributed by atoms with E-state index < -0.39 is 5.97 Å². The molecule has 0 unspecified atom stereocenters. The van der Waals surface area contributed by atoms with E-state index in [0.717, 1.165) is 11.3 Å². The molecule has 1 N–H and O–H groups in total. The predicted molar refractivity (Wildman–Crippen MR) is 94.0 cm³/mol. The van der Waals surface area contributed by atoms with Crippen LogP contribution in [0, 0.1) is 0 Å². The average molecular weight is 329 g/mol. The minimum absolute atomic E-state index is 0.200. The molecule has 0 saturated heterocycles. The fourth-order valence-corrected chi connectivity index (χ4v) is 2.62. The van der Waals surface area contributed by atoms with Crippen molar-refractivity contribution in [3.63, 3.8) is 0 Å². The van der Waals surface area contributed by atoms with E-state index in [1.54, 1.807) is 49.0 Å². The molecule has 23 heavy (non-hydrogen) atoms. The third kappa shape index (κ3) is 4.86. The van der Waals surface area contributed by atoms with E-state index in [9.17, 15) is 9.59 Å². The van der Waals surface area contributed by atoms with Crippen molar-refractivity contribution in [2.24, 2.45) is 0 Å². The number of hydrogen-bond donors (Lipinski definition) is 1. The van der Waals surface area contributed by atoms with E-state index in [4.69, 9.17) is 4.74 Å². The van der Waals surface area contributed by atoms with E-state index in [1.807, 2.05) is 24.5 Å². The number of ether oxygens (including phenoxy) is 1. The van der Waals surface area contributed by atoms with E-state index in [0.29, 0.717) is 23.4 Å². The third-order valence-corrected chi connectivity index (χ3v) is 3.75. The molecule has 0 bridgehead atoms. The summed E-state index contributed by atoms with van der Waals surface area (Å²) >= 11 is 1.71. The smallest absolute Gasteiger partial charge is 0.338 e. The Balaban J connectivity index is 2.12. The van der Waals surface area contributed by atoms with Gasteiger partial charge in [0.2, 0.25) is 0 Å². The second kappa shape index (κ2) is 8.39. The van der Waals surface area contributed by atoms with Crippen LogP contribution in [0.15, 0.2) is 48.5 Å². The van der Waals surface area contributed by atoms with E-state index in [-0.39, 0.29) is 5.91 Å². The van der Waals surface area contributed by atoms with Crippen LogP contribution in [0.25, 0.3) is 0 Å². The Morgan fingerprint density at radius 3 is 2.57 bits per heavy atom. The quantitative estimate of drug-likeness (QED) is 0.815. The van der Waals surface area contributed by atoms with Gasteiger partial charge in [0.25, 0.3) is 5.91 Å². The SMILES string of the molecule is CCOC(=O)c1cccc(NC(=O)c2cccc(CSC)c2)c1. The van der Waals surface area contributed by atoms with Crippen LogP contribution in [-0.2, 0) is 10.5 Å². The lowest BCUT2D eigenvalue weighted by atomic mass is 10.1. The van der Waals surface area contributed by atoms with Crippen molar-refractivity contribution in [3.05, 3.63) is 65.2 Å². The van der Waals surface area contributed by atoms with Crippen molar-refractivity contribution in [2.45, 2.75) is 12.7 Å². The zero-order valence-electron chi connectivity index (χ0n) is 13.2. The van der Waals surface area contributed by atoms with Crippen LogP contribution in [0.3, 0.4) is 0 Å². The Morgan fingerprint density at radius 1 is 1.09 bits per heavy atom. The molecule has 0 heterocycles. The zero-order valence-corrected chi connectivity index (χ0v) is 14.0. The second-order valence-corrected chi connectivity index (χ2v) is 5.75. The van der Waals surface area contributed by atoms with Crippen molar-refractivity contribution in [2.75, 3.05) is 18.2 Å². The molecule has 0 aliphatic heterocycles. The number of carbonyl (C=O) groups is 2. The number of thioether (sulfide) groups is 1. The largest absolute Gasteiger partial charge is 0.462 e. The Hall–Kier alpha value is -2.27. The third-order valence-electron chi connectivity index (χ3n) is 3.13. The molecule has 0 aromatic heterocycles. The molecule has 2 aromatic rings. The number of esters is 1. The molecule has 120 valence electrons. The monoisotopic (exact) mass is 329 g/mol. The maximum Gasteiger partial charge on any atom is 0.338 e. The van der Waals surface area contributed by atoms with Gasteiger partial charge in [-0.05, 0) is 49.1 Å². The van der Waals surface area contributed by atoms with Crippen molar-refractivity contribution < 1.29 is 14.3 Å². The number of anilines is 1. The second-order valence-electron chi connectivity index (χ2n) is 4.89. The van der Waals surface area contributed by atoms with Gasteiger partial charge in [-0.2, -0.15) is 11.8 Å². The average Bonchev–Trinajstić information content (AvgIpc) is 2.56. The van der Waals surface area contributed by atoms with Crippen molar-refractivity contribution >= 4 is 29.3 Å². The van der Waals surface area contributed by atoms with Gasteiger partial charge >= 0.3 is 5.97 Å². The first-order valence-electron chi connectivity index (χ1n) is 7.30. The highest BCUT2D eigenvalue weighted by Gasteiger charge is 2.10. The van der Waals surface area contributed by atoms with Gasteiger partial charge in [-0.25, -0.2) is 4.79 Å². The number of benzene rings is 2. The molecule has 2 rings (SSSR count). The molecular weight excluding hydrogens is 310 g/mol. The van der Waals surface area contributed by atoms with Gasteiger partial charge in [0.05, 0.1) is 12.2 Å². The molecule has 0 saturated carbocycles. The number of nitrogens with one attached hydrogen (secondary N) is 1. The summed E-state index contributed by atoms with van der Waals surface area (Å²) in [7, 11) is 0. The van der Waals surface area contributed by atoms with E-state index >= 15 is 0 Å². The molecule has 0 aliphatic carbocycles. The van der Waals surface area contributed by atoms with Crippen molar-refractivity contribution in [1.29, 1.82) is 0 Å². The molecule has 0 atom stereocenters. The summed E-state index contributed by atoms with van der Waals surface area (Å²) in [5.74, 6) is 0.263. The lowest BCUT2D eigenvalue weighted by Gasteiger charge is -2.08. The van der Waals surface area contributed by atoms with Gasteiger partial charge in [0.1, 0.15) is 0 Å². The van der Waals surface area contributed by atoms with Crippen LogP contribution in [0.1, 0.15) is 33.2 Å². The Kier molecular flexibility index (Phi) is 6.23. The highest BCUT2D eigenvalue weighted by atomic mass is 32.2. The van der Waals surface area contributed by atoms with Crippen LogP contribution in [0.2, 0.25) is 0 Å². The molecule has 4 nitrogen and oxygen atoms in total. The van der Waals surface area contributed by atoms with Gasteiger partial charge in [-0.3, -0.25) is 4.79 Å². The predicted octanol–water partition coefficient (Wildman–Crippen LogP) is 3.98. The lowest BCUT2D eigenvalue weighted by molar-refractivity contribution is 0.0526. The van der Waals surface area contributed by atoms with Crippen LogP contribution in [0.4, 0.5) is 5.69 Å².